The van der Waals surface area contributed by atoms with Crippen molar-refractivity contribution in [1.82, 2.24) is 15.5 Å². The average Bonchev–Trinajstić information content (AvgIpc) is 3.16. The van der Waals surface area contributed by atoms with E-state index in [9.17, 15) is 22.8 Å². The van der Waals surface area contributed by atoms with Gasteiger partial charge in [-0.3, -0.25) is 14.5 Å². The fourth-order valence-electron chi connectivity index (χ4n) is 3.59. The van der Waals surface area contributed by atoms with Gasteiger partial charge in [-0.25, -0.2) is 0 Å². The zero-order valence-corrected chi connectivity index (χ0v) is 19.2. The second-order valence-electron chi connectivity index (χ2n) is 7.97. The Bertz CT molecular complexity index is 1050. The molecule has 0 aliphatic carbocycles. The van der Waals surface area contributed by atoms with Crippen LogP contribution in [0.1, 0.15) is 34.8 Å². The first-order valence-corrected chi connectivity index (χ1v) is 10.9. The van der Waals surface area contributed by atoms with Crippen LogP contribution in [0.25, 0.3) is 0 Å². The third-order valence-corrected chi connectivity index (χ3v) is 6.11. The van der Waals surface area contributed by atoms with Crippen molar-refractivity contribution in [2.75, 3.05) is 18.8 Å². The van der Waals surface area contributed by atoms with Crippen molar-refractivity contribution in [3.63, 3.8) is 0 Å². The summed E-state index contributed by atoms with van der Waals surface area (Å²) in [7, 11) is 0. The summed E-state index contributed by atoms with van der Waals surface area (Å²) in [4.78, 5) is 27.1. The number of alkyl halides is 3. The maximum atomic E-state index is 12.9. The summed E-state index contributed by atoms with van der Waals surface area (Å²) in [5, 5.41) is 6.24. The minimum absolute atomic E-state index is 0.109. The second-order valence-corrected chi connectivity index (χ2v) is 8.79. The molecule has 6 nitrogen and oxygen atoms in total. The number of anilines is 1. The number of benzene rings is 2. The number of hydrogen-bond donors (Lipinski definition) is 3. The summed E-state index contributed by atoms with van der Waals surface area (Å²) in [6.45, 7) is 3.46. The van der Waals surface area contributed by atoms with Gasteiger partial charge in [-0.15, -0.1) is 0 Å². The lowest BCUT2D eigenvalue weighted by atomic mass is 10.1. The standard InChI is InChI=1S/C22H23Cl2F3N4O2/c1-12(29-21(33)16-9-14(22(25,26)27)3-5-19(16)28)20(32)30-15-6-7-31(11-15)10-13-2-4-17(23)18(24)8-13/h2-5,8-9,12,15H,6-7,10-11,28H2,1H3,(H,29,33)(H,30,32)/t12-,15+/m0/s1. The summed E-state index contributed by atoms with van der Waals surface area (Å²) in [6.07, 6.45) is -3.90. The van der Waals surface area contributed by atoms with E-state index in [2.05, 4.69) is 15.5 Å². The molecular formula is C22H23Cl2F3N4O2. The largest absolute Gasteiger partial charge is 0.416 e. The number of nitrogens with zero attached hydrogens (tertiary/aromatic N) is 1. The Balaban J connectivity index is 1.53. The van der Waals surface area contributed by atoms with Crippen molar-refractivity contribution >= 4 is 40.7 Å². The van der Waals surface area contributed by atoms with Gasteiger partial charge in [0.15, 0.2) is 0 Å². The molecule has 1 aliphatic heterocycles. The smallest absolute Gasteiger partial charge is 0.398 e. The molecule has 4 N–H and O–H groups in total. The van der Waals surface area contributed by atoms with Gasteiger partial charge in [0.2, 0.25) is 5.91 Å². The molecule has 11 heteroatoms. The molecule has 0 unspecified atom stereocenters. The highest BCUT2D eigenvalue weighted by atomic mass is 35.5. The van der Waals surface area contributed by atoms with Crippen LogP contribution in [0.2, 0.25) is 10.0 Å². The van der Waals surface area contributed by atoms with E-state index in [1.54, 1.807) is 12.1 Å². The molecule has 0 saturated carbocycles. The van der Waals surface area contributed by atoms with Crippen LogP contribution < -0.4 is 16.4 Å². The van der Waals surface area contributed by atoms with Gasteiger partial charge < -0.3 is 16.4 Å². The quantitative estimate of drug-likeness (QED) is 0.518. The summed E-state index contributed by atoms with van der Waals surface area (Å²) in [5.74, 6) is -1.29. The number of carbonyl (C=O) groups excluding carboxylic acids is 2. The zero-order valence-electron chi connectivity index (χ0n) is 17.7. The second kappa shape index (κ2) is 10.2. The van der Waals surface area contributed by atoms with Crippen LogP contribution in [-0.4, -0.2) is 41.9 Å². The SMILES string of the molecule is C[C@H](NC(=O)c1cc(C(F)(F)F)ccc1N)C(=O)N[C@@H]1CCN(Cc2ccc(Cl)c(Cl)c2)C1. The van der Waals surface area contributed by atoms with Gasteiger partial charge in [-0.05, 0) is 49.2 Å². The molecule has 1 fully saturated rings. The lowest BCUT2D eigenvalue weighted by molar-refractivity contribution is -0.137. The number of likely N-dealkylation sites (tertiary alicyclic amines) is 1. The molecule has 1 aliphatic rings. The predicted octanol–water partition coefficient (Wildman–Crippen LogP) is 4.10. The van der Waals surface area contributed by atoms with Crippen LogP contribution in [-0.2, 0) is 17.5 Å². The molecule has 1 heterocycles. The van der Waals surface area contributed by atoms with E-state index in [1.165, 1.54) is 6.92 Å². The van der Waals surface area contributed by atoms with Gasteiger partial charge in [0, 0.05) is 31.4 Å². The highest BCUT2D eigenvalue weighted by Crippen LogP contribution is 2.31. The van der Waals surface area contributed by atoms with E-state index in [4.69, 9.17) is 28.9 Å². The number of carbonyl (C=O) groups is 2. The van der Waals surface area contributed by atoms with E-state index < -0.39 is 29.6 Å². The number of nitrogens with one attached hydrogen (secondary N) is 2. The van der Waals surface area contributed by atoms with Gasteiger partial charge in [-0.2, -0.15) is 13.2 Å². The Labute approximate surface area is 199 Å². The Hall–Kier alpha value is -2.49. The molecule has 3 rings (SSSR count). The topological polar surface area (TPSA) is 87.5 Å². The van der Waals surface area contributed by atoms with Crippen LogP contribution in [0.5, 0.6) is 0 Å². The molecule has 2 aromatic carbocycles. The molecule has 2 amide bonds. The number of hydrogen-bond acceptors (Lipinski definition) is 4. The first-order chi connectivity index (χ1) is 15.4. The number of amides is 2. The van der Waals surface area contributed by atoms with Crippen LogP contribution in [0, 0.1) is 0 Å². The van der Waals surface area contributed by atoms with Crippen molar-refractivity contribution in [2.24, 2.45) is 0 Å². The molecule has 33 heavy (non-hydrogen) atoms. The number of nitrogen functional groups attached to an aromatic ring is 1. The van der Waals surface area contributed by atoms with Crippen molar-refractivity contribution in [1.29, 1.82) is 0 Å². The molecule has 2 atom stereocenters. The molecule has 178 valence electrons. The van der Waals surface area contributed by atoms with Gasteiger partial charge in [0.1, 0.15) is 6.04 Å². The van der Waals surface area contributed by atoms with Crippen molar-refractivity contribution in [3.05, 3.63) is 63.1 Å². The normalized spacial score (nSPS) is 17.6. The van der Waals surface area contributed by atoms with Crippen LogP contribution >= 0.6 is 23.2 Å². The Morgan fingerprint density at radius 3 is 2.58 bits per heavy atom. The van der Waals surface area contributed by atoms with E-state index in [0.717, 1.165) is 24.2 Å². The summed E-state index contributed by atoms with van der Waals surface area (Å²) in [5.41, 5.74) is 5.22. The molecular weight excluding hydrogens is 480 g/mol. The lowest BCUT2D eigenvalue weighted by Crippen LogP contribution is -2.48. The van der Waals surface area contributed by atoms with Gasteiger partial charge in [0.05, 0.1) is 21.2 Å². The Kier molecular flexibility index (Phi) is 7.76. The predicted molar refractivity (Wildman–Crippen MR) is 121 cm³/mol. The third-order valence-electron chi connectivity index (χ3n) is 5.38. The van der Waals surface area contributed by atoms with E-state index >= 15 is 0 Å². The van der Waals surface area contributed by atoms with Crippen molar-refractivity contribution in [3.8, 4) is 0 Å². The molecule has 1 saturated heterocycles. The summed E-state index contributed by atoms with van der Waals surface area (Å²) < 4.78 is 38.8. The summed E-state index contributed by atoms with van der Waals surface area (Å²) in [6, 6.07) is 6.82. The summed E-state index contributed by atoms with van der Waals surface area (Å²) >= 11 is 12.0. The lowest BCUT2D eigenvalue weighted by Gasteiger charge is -2.20. The minimum Gasteiger partial charge on any atom is -0.398 e. The average molecular weight is 503 g/mol. The Morgan fingerprint density at radius 2 is 1.91 bits per heavy atom. The van der Waals surface area contributed by atoms with Crippen molar-refractivity contribution < 1.29 is 22.8 Å². The highest BCUT2D eigenvalue weighted by Gasteiger charge is 2.32. The minimum atomic E-state index is -4.61. The number of rotatable bonds is 6. The molecule has 2 aromatic rings. The number of halogens is 5. The third kappa shape index (κ3) is 6.52. The van der Waals surface area contributed by atoms with Crippen molar-refractivity contribution in [2.45, 2.75) is 38.1 Å². The van der Waals surface area contributed by atoms with Crippen LogP contribution in [0.15, 0.2) is 36.4 Å². The molecule has 0 spiro atoms. The highest BCUT2D eigenvalue weighted by molar-refractivity contribution is 6.42. The fraction of sp³-hybridized carbons (Fsp3) is 0.364. The van der Waals surface area contributed by atoms with Gasteiger partial charge in [-0.1, -0.05) is 29.3 Å². The monoisotopic (exact) mass is 502 g/mol. The zero-order chi connectivity index (χ0) is 24.3. The van der Waals surface area contributed by atoms with Crippen LogP contribution in [0.3, 0.4) is 0 Å². The molecule has 0 radical (unpaired) electrons. The first kappa shape index (κ1) is 25.1. The van der Waals surface area contributed by atoms with Crippen LogP contribution in [0.4, 0.5) is 18.9 Å². The Morgan fingerprint density at radius 1 is 1.18 bits per heavy atom. The van der Waals surface area contributed by atoms with Gasteiger partial charge in [0.25, 0.3) is 5.91 Å². The fourth-order valence-corrected chi connectivity index (χ4v) is 3.91. The van der Waals surface area contributed by atoms with E-state index in [-0.39, 0.29) is 17.3 Å². The maximum absolute atomic E-state index is 12.9. The van der Waals surface area contributed by atoms with E-state index in [0.29, 0.717) is 35.6 Å². The van der Waals surface area contributed by atoms with E-state index in [1.807, 2.05) is 6.07 Å². The molecule has 0 aromatic heterocycles. The molecule has 0 bridgehead atoms. The maximum Gasteiger partial charge on any atom is 0.416 e. The first-order valence-electron chi connectivity index (χ1n) is 10.2. The number of nitrogens with two attached hydrogens (primary N) is 1. The van der Waals surface area contributed by atoms with Gasteiger partial charge >= 0.3 is 6.18 Å².